The molecular formula is C18H23N3OS. The minimum atomic E-state index is -0.196. The molecule has 2 amide bonds. The molecule has 5 heteroatoms. The van der Waals surface area contributed by atoms with Crippen LogP contribution in [0.2, 0.25) is 0 Å². The number of hydrogen-bond donors (Lipinski definition) is 2. The van der Waals surface area contributed by atoms with Crippen LogP contribution < -0.4 is 10.6 Å². The zero-order valence-electron chi connectivity index (χ0n) is 13.8. The Bertz CT molecular complexity index is 644. The number of thioether (sulfide) groups is 1. The molecule has 122 valence electrons. The van der Waals surface area contributed by atoms with Crippen molar-refractivity contribution in [1.29, 1.82) is 0 Å². The van der Waals surface area contributed by atoms with Gasteiger partial charge in [-0.05, 0) is 47.1 Å². The number of nitrogens with one attached hydrogen (secondary N) is 2. The minimum absolute atomic E-state index is 0.196. The fourth-order valence-corrected chi connectivity index (χ4v) is 2.91. The van der Waals surface area contributed by atoms with E-state index in [2.05, 4.69) is 42.5 Å². The fraction of sp³-hybridized carbons (Fsp3) is 0.333. The Morgan fingerprint density at radius 2 is 1.96 bits per heavy atom. The van der Waals surface area contributed by atoms with Crippen molar-refractivity contribution in [2.45, 2.75) is 38.3 Å². The number of pyridine rings is 1. The summed E-state index contributed by atoms with van der Waals surface area (Å²) in [5, 5.41) is 6.39. The number of amides is 2. The molecule has 4 nitrogen and oxygen atoms in total. The highest BCUT2D eigenvalue weighted by Gasteiger charge is 2.08. The van der Waals surface area contributed by atoms with Gasteiger partial charge >= 0.3 is 6.03 Å². The molecular weight excluding hydrogens is 306 g/mol. The zero-order valence-corrected chi connectivity index (χ0v) is 14.6. The first-order valence-corrected chi connectivity index (χ1v) is 8.75. The molecule has 2 aromatic rings. The predicted molar refractivity (Wildman–Crippen MR) is 97.7 cm³/mol. The van der Waals surface area contributed by atoms with Crippen LogP contribution in [0.25, 0.3) is 0 Å². The second kappa shape index (κ2) is 8.58. The van der Waals surface area contributed by atoms with Crippen molar-refractivity contribution in [3.63, 3.8) is 0 Å². The number of nitrogens with zero attached hydrogens (tertiary/aromatic N) is 1. The molecule has 0 saturated heterocycles. The lowest BCUT2D eigenvalue weighted by molar-refractivity contribution is 0.251. The van der Waals surface area contributed by atoms with Crippen molar-refractivity contribution in [2.75, 3.05) is 5.32 Å². The van der Waals surface area contributed by atoms with Crippen LogP contribution in [0.5, 0.6) is 0 Å². The Hall–Kier alpha value is -2.01. The van der Waals surface area contributed by atoms with Gasteiger partial charge in [-0.15, -0.1) is 0 Å². The Morgan fingerprint density at radius 1 is 1.22 bits per heavy atom. The van der Waals surface area contributed by atoms with Gasteiger partial charge < -0.3 is 10.6 Å². The molecule has 0 unspecified atom stereocenters. The van der Waals surface area contributed by atoms with Gasteiger partial charge in [-0.3, -0.25) is 4.98 Å². The molecule has 0 spiro atoms. The fourth-order valence-electron chi connectivity index (χ4n) is 2.08. The molecule has 2 N–H and O–H groups in total. The van der Waals surface area contributed by atoms with Gasteiger partial charge in [0.2, 0.25) is 0 Å². The molecule has 0 aliphatic carbocycles. The highest BCUT2D eigenvalue weighted by Crippen LogP contribution is 2.24. The van der Waals surface area contributed by atoms with Gasteiger partial charge in [0.1, 0.15) is 0 Å². The summed E-state index contributed by atoms with van der Waals surface area (Å²) < 4.78 is 0. The molecule has 0 radical (unpaired) electrons. The monoisotopic (exact) mass is 329 g/mol. The van der Waals surface area contributed by atoms with Crippen LogP contribution in [-0.4, -0.2) is 16.3 Å². The average molecular weight is 329 g/mol. The Kier molecular flexibility index (Phi) is 6.47. The quantitative estimate of drug-likeness (QED) is 0.828. The van der Waals surface area contributed by atoms with E-state index in [9.17, 15) is 4.79 Å². The first-order valence-electron chi connectivity index (χ1n) is 7.70. The van der Waals surface area contributed by atoms with Crippen LogP contribution in [0.3, 0.4) is 0 Å². The van der Waals surface area contributed by atoms with Crippen molar-refractivity contribution in [3.8, 4) is 0 Å². The Balaban J connectivity index is 1.94. The lowest BCUT2D eigenvalue weighted by atomic mass is 10.1. The summed E-state index contributed by atoms with van der Waals surface area (Å²) in [5.74, 6) is 0.956. The summed E-state index contributed by atoms with van der Waals surface area (Å²) in [5.41, 5.74) is 4.27. The summed E-state index contributed by atoms with van der Waals surface area (Å²) in [7, 11) is 0. The predicted octanol–water partition coefficient (Wildman–Crippen LogP) is 4.35. The van der Waals surface area contributed by atoms with E-state index in [1.165, 1.54) is 5.56 Å². The highest BCUT2D eigenvalue weighted by molar-refractivity contribution is 7.99. The third-order valence-electron chi connectivity index (χ3n) is 3.47. The minimum Gasteiger partial charge on any atom is -0.334 e. The van der Waals surface area contributed by atoms with E-state index in [1.54, 1.807) is 12.4 Å². The SMILES string of the molecule is Cc1c(CSC(C)C)cccc1NC(=O)NCc1ccncc1. The molecule has 2 rings (SSSR count). The van der Waals surface area contributed by atoms with Crippen LogP contribution in [0.1, 0.15) is 30.5 Å². The summed E-state index contributed by atoms with van der Waals surface area (Å²) in [6, 6.07) is 9.61. The summed E-state index contributed by atoms with van der Waals surface area (Å²) in [4.78, 5) is 16.0. The first-order chi connectivity index (χ1) is 11.1. The van der Waals surface area contributed by atoms with Gasteiger partial charge in [0.15, 0.2) is 0 Å². The normalized spacial score (nSPS) is 10.6. The maximum atomic E-state index is 12.1. The van der Waals surface area contributed by atoms with E-state index in [-0.39, 0.29) is 6.03 Å². The summed E-state index contributed by atoms with van der Waals surface area (Å²) in [6.07, 6.45) is 3.43. The molecule has 0 fully saturated rings. The van der Waals surface area contributed by atoms with Crippen molar-refractivity contribution in [2.24, 2.45) is 0 Å². The number of benzene rings is 1. The van der Waals surface area contributed by atoms with Crippen molar-refractivity contribution in [1.82, 2.24) is 10.3 Å². The number of anilines is 1. The third-order valence-corrected chi connectivity index (χ3v) is 4.61. The second-order valence-corrected chi connectivity index (χ2v) is 7.18. The van der Waals surface area contributed by atoms with Crippen LogP contribution in [-0.2, 0) is 12.3 Å². The van der Waals surface area contributed by atoms with Gasteiger partial charge in [-0.2, -0.15) is 11.8 Å². The number of hydrogen-bond acceptors (Lipinski definition) is 3. The standard InChI is InChI=1S/C18H23N3OS/c1-13(2)23-12-16-5-4-6-17(14(16)3)21-18(22)20-11-15-7-9-19-10-8-15/h4-10,13H,11-12H2,1-3H3,(H2,20,21,22). The van der Waals surface area contributed by atoms with Gasteiger partial charge in [-0.25, -0.2) is 4.79 Å². The largest absolute Gasteiger partial charge is 0.334 e. The van der Waals surface area contributed by atoms with Crippen LogP contribution in [0.4, 0.5) is 10.5 Å². The number of urea groups is 1. The van der Waals surface area contributed by atoms with E-state index in [1.807, 2.05) is 36.0 Å². The van der Waals surface area contributed by atoms with Crippen LogP contribution >= 0.6 is 11.8 Å². The Labute approximate surface area is 142 Å². The molecule has 0 saturated carbocycles. The van der Waals surface area contributed by atoms with Crippen molar-refractivity contribution >= 4 is 23.5 Å². The maximum absolute atomic E-state index is 12.1. The molecule has 0 atom stereocenters. The summed E-state index contributed by atoms with van der Waals surface area (Å²) >= 11 is 1.90. The first kappa shape index (κ1) is 17.3. The molecule has 1 aromatic carbocycles. The maximum Gasteiger partial charge on any atom is 0.319 e. The number of carbonyl (C=O) groups is 1. The number of carbonyl (C=O) groups excluding carboxylic acids is 1. The smallest absolute Gasteiger partial charge is 0.319 e. The van der Waals surface area contributed by atoms with E-state index in [0.29, 0.717) is 11.8 Å². The van der Waals surface area contributed by atoms with Crippen molar-refractivity contribution < 1.29 is 4.79 Å². The van der Waals surface area contributed by atoms with Gasteiger partial charge in [0, 0.05) is 30.4 Å². The lowest BCUT2D eigenvalue weighted by Crippen LogP contribution is -2.28. The zero-order chi connectivity index (χ0) is 16.7. The highest BCUT2D eigenvalue weighted by atomic mass is 32.2. The molecule has 0 bridgehead atoms. The van der Waals surface area contributed by atoms with E-state index < -0.39 is 0 Å². The molecule has 23 heavy (non-hydrogen) atoms. The van der Waals surface area contributed by atoms with E-state index in [4.69, 9.17) is 0 Å². The van der Waals surface area contributed by atoms with E-state index in [0.717, 1.165) is 22.6 Å². The third kappa shape index (κ3) is 5.60. The van der Waals surface area contributed by atoms with E-state index >= 15 is 0 Å². The molecule has 1 heterocycles. The van der Waals surface area contributed by atoms with Crippen LogP contribution in [0.15, 0.2) is 42.7 Å². The lowest BCUT2D eigenvalue weighted by Gasteiger charge is -2.14. The average Bonchev–Trinajstić information content (AvgIpc) is 2.54. The molecule has 1 aromatic heterocycles. The number of aromatic nitrogens is 1. The molecule has 0 aliphatic rings. The Morgan fingerprint density at radius 3 is 2.65 bits per heavy atom. The topological polar surface area (TPSA) is 54.0 Å². The van der Waals surface area contributed by atoms with Gasteiger partial charge in [0.25, 0.3) is 0 Å². The van der Waals surface area contributed by atoms with Crippen LogP contribution in [0, 0.1) is 6.92 Å². The van der Waals surface area contributed by atoms with Gasteiger partial charge in [-0.1, -0.05) is 26.0 Å². The van der Waals surface area contributed by atoms with Gasteiger partial charge in [0.05, 0.1) is 0 Å². The molecule has 0 aliphatic heterocycles. The summed E-state index contributed by atoms with van der Waals surface area (Å²) in [6.45, 7) is 6.91. The number of rotatable bonds is 6. The second-order valence-electron chi connectivity index (χ2n) is 5.61. The van der Waals surface area contributed by atoms with Crippen molar-refractivity contribution in [3.05, 3.63) is 59.4 Å².